The molecule has 12 heteroatoms. The summed E-state index contributed by atoms with van der Waals surface area (Å²) in [5.41, 5.74) is -5.79. The number of carbonyl (C=O) groups excluding carboxylic acids is 2. The van der Waals surface area contributed by atoms with Crippen molar-refractivity contribution in [2.45, 2.75) is 49.9 Å². The lowest BCUT2D eigenvalue weighted by Crippen LogP contribution is -2.54. The molecule has 0 aliphatic carbocycles. The molecule has 0 aliphatic heterocycles. The van der Waals surface area contributed by atoms with Crippen LogP contribution in [-0.4, -0.2) is 43.1 Å². The number of aliphatic hydroxyl groups excluding tert-OH is 1. The number of carbonyl (C=O) groups is 2. The van der Waals surface area contributed by atoms with E-state index in [1.165, 1.54) is 26.2 Å². The molecule has 1 N–H and O–H groups in total. The molecule has 0 saturated carbocycles. The van der Waals surface area contributed by atoms with Gasteiger partial charge in [-0.25, -0.2) is 4.79 Å². The van der Waals surface area contributed by atoms with Gasteiger partial charge in [0.05, 0.1) is 12.7 Å². The maximum absolute atomic E-state index is 14.5. The van der Waals surface area contributed by atoms with E-state index in [1.807, 2.05) is 6.92 Å². The summed E-state index contributed by atoms with van der Waals surface area (Å²) in [7, 11) is 1.23. The fraction of sp³-hybridized carbons (Fsp3) is 0.278. The summed E-state index contributed by atoms with van der Waals surface area (Å²) in [6.07, 6.45) is -10.6. The molecule has 4 aromatic carbocycles. The van der Waals surface area contributed by atoms with Crippen LogP contribution >= 0.6 is 0 Å². The van der Waals surface area contributed by atoms with Crippen LogP contribution in [0.15, 0.2) is 97.1 Å². The number of benzene rings is 4. The highest BCUT2D eigenvalue weighted by Crippen LogP contribution is 2.56. The maximum atomic E-state index is 14.5. The number of esters is 2. The van der Waals surface area contributed by atoms with Crippen molar-refractivity contribution in [3.63, 3.8) is 0 Å². The zero-order valence-electron chi connectivity index (χ0n) is 26.1. The fourth-order valence-corrected chi connectivity index (χ4v) is 5.68. The smallest absolute Gasteiger partial charge is 0.411 e. The van der Waals surface area contributed by atoms with E-state index in [0.29, 0.717) is 42.9 Å². The van der Waals surface area contributed by atoms with Crippen LogP contribution in [0.5, 0.6) is 17.2 Å². The lowest BCUT2D eigenvalue weighted by atomic mass is 9.72. The zero-order chi connectivity index (χ0) is 35.3. The van der Waals surface area contributed by atoms with Crippen molar-refractivity contribution in [3.05, 3.63) is 125 Å². The minimum Gasteiger partial charge on any atom is -0.497 e. The molecule has 0 amide bonds. The van der Waals surface area contributed by atoms with Crippen molar-refractivity contribution in [2.75, 3.05) is 13.7 Å². The molecular formula is C36H32F6O6. The van der Waals surface area contributed by atoms with Crippen molar-refractivity contribution in [1.82, 2.24) is 0 Å². The molecule has 4 rings (SSSR count). The van der Waals surface area contributed by atoms with E-state index in [4.69, 9.17) is 14.2 Å². The second-order valence-corrected chi connectivity index (χ2v) is 11.2. The summed E-state index contributed by atoms with van der Waals surface area (Å²) in [6.45, 7) is 3.20. The number of aliphatic hydroxyl groups is 1. The van der Waals surface area contributed by atoms with E-state index < -0.39 is 46.2 Å². The predicted molar refractivity (Wildman–Crippen MR) is 164 cm³/mol. The van der Waals surface area contributed by atoms with Gasteiger partial charge in [0.15, 0.2) is 0 Å². The second-order valence-electron chi connectivity index (χ2n) is 11.2. The standard InChI is InChI=1S/C36H32F6O6/c1-23(44)47-30-17-9-25(10-18-30)33(2,21-4-22-43)26-11-19-31(20-12-26)48-32(45)24-5-7-27(8-6-24)34(35(37,38)39,36(40,41)42)28-13-15-29(46-3)16-14-28/h5-20,43H,4,21-22H2,1-3H3. The summed E-state index contributed by atoms with van der Waals surface area (Å²) in [5, 5.41) is 9.51. The lowest BCUT2D eigenvalue weighted by molar-refractivity contribution is -0.288. The first kappa shape index (κ1) is 36.0. The third-order valence-corrected chi connectivity index (χ3v) is 8.22. The Balaban J connectivity index is 1.60. The van der Waals surface area contributed by atoms with Gasteiger partial charge in [0, 0.05) is 18.9 Å². The molecule has 0 aromatic heterocycles. The number of hydrogen-bond acceptors (Lipinski definition) is 6. The molecular weight excluding hydrogens is 642 g/mol. The van der Waals surface area contributed by atoms with Crippen molar-refractivity contribution >= 4 is 11.9 Å². The third-order valence-electron chi connectivity index (χ3n) is 8.22. The Kier molecular flexibility index (Phi) is 10.6. The maximum Gasteiger partial charge on any atom is 0.411 e. The number of rotatable bonds is 11. The Morgan fingerprint density at radius 2 is 1.02 bits per heavy atom. The van der Waals surface area contributed by atoms with E-state index >= 15 is 0 Å². The van der Waals surface area contributed by atoms with Gasteiger partial charge in [0.25, 0.3) is 0 Å². The average molecular weight is 675 g/mol. The molecule has 0 saturated heterocycles. The summed E-state index contributed by atoms with van der Waals surface area (Å²) in [4.78, 5) is 24.2. The van der Waals surface area contributed by atoms with Crippen LogP contribution in [-0.2, 0) is 15.6 Å². The van der Waals surface area contributed by atoms with E-state index in [9.17, 15) is 41.0 Å². The molecule has 1 unspecified atom stereocenters. The Hall–Kier alpha value is -4.84. The van der Waals surface area contributed by atoms with Crippen LogP contribution in [0.3, 0.4) is 0 Å². The molecule has 0 bridgehead atoms. The van der Waals surface area contributed by atoms with Gasteiger partial charge < -0.3 is 19.3 Å². The molecule has 48 heavy (non-hydrogen) atoms. The first-order valence-corrected chi connectivity index (χ1v) is 14.7. The first-order valence-electron chi connectivity index (χ1n) is 14.7. The van der Waals surface area contributed by atoms with Gasteiger partial charge in [0.2, 0.25) is 5.41 Å². The zero-order valence-corrected chi connectivity index (χ0v) is 26.1. The summed E-state index contributed by atoms with van der Waals surface area (Å²) >= 11 is 0. The largest absolute Gasteiger partial charge is 0.497 e. The fourth-order valence-electron chi connectivity index (χ4n) is 5.68. The summed E-state index contributed by atoms with van der Waals surface area (Å²) < 4.78 is 102. The van der Waals surface area contributed by atoms with Gasteiger partial charge in [-0.15, -0.1) is 0 Å². The Morgan fingerprint density at radius 1 is 0.625 bits per heavy atom. The predicted octanol–water partition coefficient (Wildman–Crippen LogP) is 8.33. The van der Waals surface area contributed by atoms with Crippen LogP contribution in [0.25, 0.3) is 0 Å². The van der Waals surface area contributed by atoms with Crippen molar-refractivity contribution in [2.24, 2.45) is 0 Å². The molecule has 1 atom stereocenters. The number of methoxy groups -OCH3 is 1. The van der Waals surface area contributed by atoms with E-state index in [1.54, 1.807) is 36.4 Å². The lowest BCUT2D eigenvalue weighted by Gasteiger charge is -2.38. The molecule has 0 radical (unpaired) electrons. The summed E-state index contributed by atoms with van der Waals surface area (Å²) in [6, 6.07) is 19.7. The molecule has 0 fully saturated rings. The SMILES string of the molecule is COc1ccc(C(c2ccc(C(=O)Oc3ccc(C(C)(CCCO)c4ccc(OC(C)=O)cc4)cc3)cc2)(C(F)(F)F)C(F)(F)F)cc1. The van der Waals surface area contributed by atoms with Gasteiger partial charge in [-0.2, -0.15) is 26.3 Å². The number of alkyl halides is 6. The molecule has 4 aromatic rings. The van der Waals surface area contributed by atoms with Crippen LogP contribution in [0.2, 0.25) is 0 Å². The number of hydrogen-bond donors (Lipinski definition) is 1. The highest BCUT2D eigenvalue weighted by atomic mass is 19.4. The molecule has 254 valence electrons. The van der Waals surface area contributed by atoms with E-state index in [2.05, 4.69) is 0 Å². The third kappa shape index (κ3) is 7.18. The second kappa shape index (κ2) is 14.1. The van der Waals surface area contributed by atoms with Crippen LogP contribution in [0, 0.1) is 0 Å². The normalized spacial score (nSPS) is 13.4. The highest BCUT2D eigenvalue weighted by molar-refractivity contribution is 5.91. The number of halogens is 6. The highest BCUT2D eigenvalue weighted by Gasteiger charge is 2.72. The molecule has 0 spiro atoms. The van der Waals surface area contributed by atoms with Crippen LogP contribution in [0.1, 0.15) is 59.3 Å². The van der Waals surface area contributed by atoms with Gasteiger partial charge in [-0.3, -0.25) is 4.79 Å². The quantitative estimate of drug-likeness (QED) is 0.0979. The first-order chi connectivity index (χ1) is 22.6. The Bertz CT molecular complexity index is 1680. The van der Waals surface area contributed by atoms with Crippen molar-refractivity contribution in [1.29, 1.82) is 0 Å². The van der Waals surface area contributed by atoms with E-state index in [0.717, 1.165) is 35.4 Å². The summed E-state index contributed by atoms with van der Waals surface area (Å²) in [5.74, 6) is -0.925. The minimum atomic E-state index is -5.79. The topological polar surface area (TPSA) is 82.1 Å². The van der Waals surface area contributed by atoms with Crippen LogP contribution < -0.4 is 14.2 Å². The molecule has 6 nitrogen and oxygen atoms in total. The van der Waals surface area contributed by atoms with Crippen LogP contribution in [0.4, 0.5) is 26.3 Å². The van der Waals surface area contributed by atoms with Crippen molar-refractivity contribution < 1.29 is 55.2 Å². The Morgan fingerprint density at radius 3 is 1.42 bits per heavy atom. The minimum absolute atomic E-state index is 0.0528. The molecule has 0 heterocycles. The Labute approximate surface area is 272 Å². The molecule has 0 aliphatic rings. The van der Waals surface area contributed by atoms with Gasteiger partial charge >= 0.3 is 24.3 Å². The average Bonchev–Trinajstić information content (AvgIpc) is 3.03. The van der Waals surface area contributed by atoms with E-state index in [-0.39, 0.29) is 23.7 Å². The number of ether oxygens (including phenoxy) is 3. The van der Waals surface area contributed by atoms with Gasteiger partial charge in [-0.1, -0.05) is 55.5 Å². The van der Waals surface area contributed by atoms with Gasteiger partial charge in [0.1, 0.15) is 17.2 Å². The monoisotopic (exact) mass is 674 g/mol. The van der Waals surface area contributed by atoms with Gasteiger partial charge in [-0.05, 0) is 83.6 Å². The van der Waals surface area contributed by atoms with Crippen molar-refractivity contribution in [3.8, 4) is 17.2 Å².